The van der Waals surface area contributed by atoms with Gasteiger partial charge in [-0.25, -0.2) is 4.79 Å². The molecule has 0 aromatic heterocycles. The molecule has 0 rings (SSSR count). The molecule has 0 aromatic rings. The van der Waals surface area contributed by atoms with Gasteiger partial charge in [-0.05, 0) is 63.2 Å². The van der Waals surface area contributed by atoms with Gasteiger partial charge in [0, 0.05) is 5.92 Å². The molecule has 0 heterocycles. The maximum absolute atomic E-state index is 12.7. The van der Waals surface area contributed by atoms with Crippen molar-refractivity contribution in [2.45, 2.75) is 106 Å². The van der Waals surface area contributed by atoms with Gasteiger partial charge in [-0.1, -0.05) is 79.2 Å². The van der Waals surface area contributed by atoms with Gasteiger partial charge in [-0.2, -0.15) is 0 Å². The van der Waals surface area contributed by atoms with Crippen LogP contribution in [-0.2, 0) is 19.1 Å². The number of rotatable bonds is 17. The van der Waals surface area contributed by atoms with Crippen LogP contribution in [0.3, 0.4) is 0 Å². The number of carbonyl (C=O) groups excluding carboxylic acids is 2. The van der Waals surface area contributed by atoms with Crippen LogP contribution in [0, 0.1) is 29.6 Å². The van der Waals surface area contributed by atoms with Gasteiger partial charge in [0.25, 0.3) is 0 Å². The average Bonchev–Trinajstić information content (AvgIpc) is 2.74. The lowest BCUT2D eigenvalue weighted by atomic mass is 9.93. The Morgan fingerprint density at radius 1 is 0.844 bits per heavy atom. The van der Waals surface area contributed by atoms with Gasteiger partial charge >= 0.3 is 11.9 Å². The van der Waals surface area contributed by atoms with Gasteiger partial charge in [0.15, 0.2) is 0 Å². The second kappa shape index (κ2) is 17.9. The van der Waals surface area contributed by atoms with Crippen LogP contribution >= 0.6 is 0 Å². The molecule has 5 unspecified atom stereocenters. The minimum Gasteiger partial charge on any atom is -0.463 e. The van der Waals surface area contributed by atoms with E-state index in [1.165, 1.54) is 12.8 Å². The van der Waals surface area contributed by atoms with E-state index in [-0.39, 0.29) is 30.3 Å². The van der Waals surface area contributed by atoms with Crippen molar-refractivity contribution >= 4 is 11.9 Å². The highest BCUT2D eigenvalue weighted by Gasteiger charge is 2.33. The molecule has 0 N–H and O–H groups in total. The van der Waals surface area contributed by atoms with Crippen molar-refractivity contribution in [1.82, 2.24) is 0 Å². The van der Waals surface area contributed by atoms with Crippen LogP contribution in [0.4, 0.5) is 0 Å². The molecule has 0 aliphatic heterocycles. The maximum Gasteiger partial charge on any atom is 0.347 e. The Bertz CT molecular complexity index is 564. The largest absolute Gasteiger partial charge is 0.463 e. The van der Waals surface area contributed by atoms with Gasteiger partial charge in [0.05, 0.1) is 12.5 Å². The van der Waals surface area contributed by atoms with Crippen molar-refractivity contribution in [2.24, 2.45) is 29.6 Å². The first-order valence-corrected chi connectivity index (χ1v) is 12.9. The van der Waals surface area contributed by atoms with E-state index in [2.05, 4.69) is 58.9 Å². The van der Waals surface area contributed by atoms with E-state index in [9.17, 15) is 9.59 Å². The van der Waals surface area contributed by atoms with Crippen molar-refractivity contribution in [3.05, 3.63) is 24.3 Å². The number of carbonyl (C=O) groups is 2. The van der Waals surface area contributed by atoms with Crippen molar-refractivity contribution < 1.29 is 19.1 Å². The fourth-order valence-electron chi connectivity index (χ4n) is 4.12. The van der Waals surface area contributed by atoms with Crippen LogP contribution in [0.1, 0.15) is 100 Å². The molecule has 4 nitrogen and oxygen atoms in total. The predicted molar refractivity (Wildman–Crippen MR) is 134 cm³/mol. The molecule has 186 valence electrons. The average molecular weight is 451 g/mol. The zero-order valence-corrected chi connectivity index (χ0v) is 22.1. The van der Waals surface area contributed by atoms with Crippen LogP contribution < -0.4 is 0 Å². The van der Waals surface area contributed by atoms with E-state index >= 15 is 0 Å². The van der Waals surface area contributed by atoms with Gasteiger partial charge in [0.2, 0.25) is 6.10 Å². The van der Waals surface area contributed by atoms with Crippen LogP contribution in [0.2, 0.25) is 0 Å². The normalized spacial score (nSPS) is 16.8. The fourth-order valence-corrected chi connectivity index (χ4v) is 4.12. The smallest absolute Gasteiger partial charge is 0.347 e. The summed E-state index contributed by atoms with van der Waals surface area (Å²) in [6, 6.07) is 0. The number of hydrogen-bond donors (Lipinski definition) is 0. The molecule has 0 bridgehead atoms. The molecule has 0 saturated carbocycles. The highest BCUT2D eigenvalue weighted by molar-refractivity contribution is 5.80. The Labute approximate surface area is 198 Å². The highest BCUT2D eigenvalue weighted by atomic mass is 16.6. The van der Waals surface area contributed by atoms with Crippen molar-refractivity contribution in [2.75, 3.05) is 6.61 Å². The summed E-state index contributed by atoms with van der Waals surface area (Å²) in [4.78, 5) is 25.1. The molecular weight excluding hydrogens is 400 g/mol. The molecule has 0 amide bonds. The molecule has 0 radical (unpaired) electrons. The third kappa shape index (κ3) is 13.1. The van der Waals surface area contributed by atoms with E-state index in [0.29, 0.717) is 12.3 Å². The minimum absolute atomic E-state index is 0.00180. The molecule has 0 aliphatic carbocycles. The van der Waals surface area contributed by atoms with Crippen LogP contribution in [-0.4, -0.2) is 24.6 Å². The van der Waals surface area contributed by atoms with Crippen molar-refractivity contribution in [3.8, 4) is 0 Å². The Kier molecular flexibility index (Phi) is 17.0. The van der Waals surface area contributed by atoms with E-state index in [0.717, 1.165) is 31.6 Å². The third-order valence-corrected chi connectivity index (χ3v) is 5.95. The minimum atomic E-state index is -0.803. The second-order valence-electron chi connectivity index (χ2n) is 9.57. The quantitative estimate of drug-likeness (QED) is 0.170. The molecule has 4 heteroatoms. The summed E-state index contributed by atoms with van der Waals surface area (Å²) in [6.07, 6.45) is 14.7. The van der Waals surface area contributed by atoms with Crippen LogP contribution in [0.15, 0.2) is 24.3 Å². The first kappa shape index (κ1) is 30.4. The number of ether oxygens (including phenoxy) is 2. The first-order valence-electron chi connectivity index (χ1n) is 12.9. The van der Waals surface area contributed by atoms with Crippen LogP contribution in [0.25, 0.3) is 0 Å². The molecule has 0 spiro atoms. The summed E-state index contributed by atoms with van der Waals surface area (Å²) in [5.74, 6) is 0.649. The standard InChI is InChI=1S/C28H50O4/c1-9-16-25(11-3)26(28(30)31-12-4)32-27(29)23(8)20-22(7)17-14-13-15-18-24(10-2)19-21(5)6/h14-15,17-18,21-26H,9-13,16,19-20H2,1-8H3/b17-14-,18-15-. The molecular formula is C28H50O4. The molecule has 5 atom stereocenters. The summed E-state index contributed by atoms with van der Waals surface area (Å²) < 4.78 is 10.9. The monoisotopic (exact) mass is 450 g/mol. The first-order chi connectivity index (χ1) is 15.2. The fraction of sp³-hybridized carbons (Fsp3) is 0.786. The second-order valence-corrected chi connectivity index (χ2v) is 9.57. The van der Waals surface area contributed by atoms with Gasteiger partial charge < -0.3 is 9.47 Å². The molecule has 32 heavy (non-hydrogen) atoms. The number of esters is 2. The molecule has 0 aliphatic rings. The third-order valence-electron chi connectivity index (χ3n) is 5.95. The van der Waals surface area contributed by atoms with Gasteiger partial charge in [-0.15, -0.1) is 0 Å². The summed E-state index contributed by atoms with van der Waals surface area (Å²) >= 11 is 0. The summed E-state index contributed by atoms with van der Waals surface area (Å²) in [5, 5.41) is 0. The van der Waals surface area contributed by atoms with Crippen molar-refractivity contribution in [3.63, 3.8) is 0 Å². The topological polar surface area (TPSA) is 52.6 Å². The summed E-state index contributed by atoms with van der Waals surface area (Å²) in [6.45, 7) is 16.9. The Hall–Kier alpha value is -1.58. The highest BCUT2D eigenvalue weighted by Crippen LogP contribution is 2.23. The van der Waals surface area contributed by atoms with E-state index in [1.54, 1.807) is 6.92 Å². The summed E-state index contributed by atoms with van der Waals surface area (Å²) in [7, 11) is 0. The van der Waals surface area contributed by atoms with E-state index in [4.69, 9.17) is 9.47 Å². The Morgan fingerprint density at radius 2 is 1.50 bits per heavy atom. The molecule has 0 aromatic carbocycles. The maximum atomic E-state index is 12.7. The zero-order chi connectivity index (χ0) is 24.5. The Balaban J connectivity index is 4.75. The summed E-state index contributed by atoms with van der Waals surface area (Å²) in [5.41, 5.74) is 0. The van der Waals surface area contributed by atoms with E-state index in [1.807, 2.05) is 13.8 Å². The van der Waals surface area contributed by atoms with Crippen LogP contribution in [0.5, 0.6) is 0 Å². The molecule has 0 fully saturated rings. The number of hydrogen-bond acceptors (Lipinski definition) is 4. The number of allylic oxidation sites excluding steroid dienone is 4. The van der Waals surface area contributed by atoms with E-state index < -0.39 is 12.1 Å². The zero-order valence-electron chi connectivity index (χ0n) is 22.1. The lowest BCUT2D eigenvalue weighted by Crippen LogP contribution is -2.37. The lowest BCUT2D eigenvalue weighted by Gasteiger charge is -2.26. The van der Waals surface area contributed by atoms with Gasteiger partial charge in [-0.3, -0.25) is 4.79 Å². The molecule has 0 saturated heterocycles. The Morgan fingerprint density at radius 3 is 2.03 bits per heavy atom. The van der Waals surface area contributed by atoms with Gasteiger partial charge in [0.1, 0.15) is 0 Å². The SMILES string of the molecule is CCCC(CC)C(OC(=O)C(C)CC(C)/C=C\C/C=C\C(CC)CC(C)C)C(=O)OCC. The lowest BCUT2D eigenvalue weighted by molar-refractivity contribution is -0.174. The predicted octanol–water partition coefficient (Wildman–Crippen LogP) is 7.52. The van der Waals surface area contributed by atoms with Crippen molar-refractivity contribution in [1.29, 1.82) is 0 Å².